The van der Waals surface area contributed by atoms with Gasteiger partial charge in [-0.3, -0.25) is 4.79 Å². The molecule has 1 aromatic heterocycles. The molecule has 0 radical (unpaired) electrons. The highest BCUT2D eigenvalue weighted by Crippen LogP contribution is 2.49. The van der Waals surface area contributed by atoms with E-state index in [0.717, 1.165) is 22.9 Å². The van der Waals surface area contributed by atoms with E-state index < -0.39 is 0 Å². The number of amides is 1. The minimum atomic E-state index is 0.0769. The van der Waals surface area contributed by atoms with Gasteiger partial charge in [-0.15, -0.1) is 0 Å². The van der Waals surface area contributed by atoms with Gasteiger partial charge < -0.3 is 10.3 Å². The summed E-state index contributed by atoms with van der Waals surface area (Å²) in [4.78, 5) is 15.7. The van der Waals surface area contributed by atoms with Gasteiger partial charge >= 0.3 is 0 Å². The Balaban J connectivity index is 1.46. The standard InChI is InChI=1S/C20H19BrN2O/c21-17-7-3-1-5-14(17)11-19(24)23-13-20(9-10-20)16-12-22-18-8-4-2-6-15(16)18/h1-8,12,22H,9-11,13H2,(H,23,24). The Morgan fingerprint density at radius 1 is 1.12 bits per heavy atom. The first-order valence-corrected chi connectivity index (χ1v) is 9.04. The molecule has 1 aliphatic carbocycles. The van der Waals surface area contributed by atoms with E-state index in [1.165, 1.54) is 16.5 Å². The fraction of sp³-hybridized carbons (Fsp3) is 0.250. The predicted octanol–water partition coefficient (Wildman–Crippen LogP) is 4.32. The predicted molar refractivity (Wildman–Crippen MR) is 100 cm³/mol. The van der Waals surface area contributed by atoms with Gasteiger partial charge in [-0.2, -0.15) is 0 Å². The molecule has 3 aromatic rings. The number of aromatic nitrogens is 1. The van der Waals surface area contributed by atoms with Crippen LogP contribution in [0.2, 0.25) is 0 Å². The molecular formula is C20H19BrN2O. The maximum atomic E-state index is 12.3. The molecule has 1 heterocycles. The topological polar surface area (TPSA) is 44.9 Å². The molecule has 0 unspecified atom stereocenters. The first-order valence-electron chi connectivity index (χ1n) is 8.25. The third kappa shape index (κ3) is 2.86. The Labute approximate surface area is 149 Å². The van der Waals surface area contributed by atoms with Gasteiger partial charge in [0.15, 0.2) is 0 Å². The van der Waals surface area contributed by atoms with Crippen LogP contribution in [0.15, 0.2) is 59.2 Å². The van der Waals surface area contributed by atoms with Crippen molar-refractivity contribution >= 4 is 32.7 Å². The maximum Gasteiger partial charge on any atom is 0.224 e. The Hall–Kier alpha value is -2.07. The molecule has 122 valence electrons. The van der Waals surface area contributed by atoms with Crippen LogP contribution >= 0.6 is 15.9 Å². The molecule has 1 saturated carbocycles. The summed E-state index contributed by atoms with van der Waals surface area (Å²) in [5, 5.41) is 4.41. The quantitative estimate of drug-likeness (QED) is 0.677. The number of halogens is 1. The fourth-order valence-corrected chi connectivity index (χ4v) is 3.77. The van der Waals surface area contributed by atoms with Crippen LogP contribution in [0, 0.1) is 0 Å². The van der Waals surface area contributed by atoms with Gasteiger partial charge in [0, 0.05) is 33.5 Å². The molecule has 0 aliphatic heterocycles. The van der Waals surface area contributed by atoms with Crippen molar-refractivity contribution in [1.82, 2.24) is 10.3 Å². The van der Waals surface area contributed by atoms with Gasteiger partial charge in [-0.25, -0.2) is 0 Å². The third-order valence-electron chi connectivity index (χ3n) is 4.95. The van der Waals surface area contributed by atoms with E-state index in [1.807, 2.05) is 30.3 Å². The number of aromatic amines is 1. The van der Waals surface area contributed by atoms with E-state index in [1.54, 1.807) is 0 Å². The molecular weight excluding hydrogens is 364 g/mol. The molecule has 3 nitrogen and oxygen atoms in total. The van der Waals surface area contributed by atoms with E-state index in [9.17, 15) is 4.79 Å². The van der Waals surface area contributed by atoms with E-state index in [0.29, 0.717) is 13.0 Å². The lowest BCUT2D eigenvalue weighted by Crippen LogP contribution is -2.33. The average Bonchev–Trinajstić information content (AvgIpc) is 3.26. The SMILES string of the molecule is O=C(Cc1ccccc1Br)NCC1(c2c[nH]c3ccccc23)CC1. The van der Waals surface area contributed by atoms with Crippen LogP contribution in [0.4, 0.5) is 0 Å². The molecule has 24 heavy (non-hydrogen) atoms. The maximum absolute atomic E-state index is 12.3. The minimum Gasteiger partial charge on any atom is -0.361 e. The van der Waals surface area contributed by atoms with Gasteiger partial charge in [-0.05, 0) is 36.1 Å². The molecule has 0 saturated heterocycles. The third-order valence-corrected chi connectivity index (χ3v) is 5.72. The number of carbonyl (C=O) groups excluding carboxylic acids is 1. The highest BCUT2D eigenvalue weighted by Gasteiger charge is 2.45. The first-order chi connectivity index (χ1) is 11.7. The molecule has 1 aliphatic rings. The zero-order valence-electron chi connectivity index (χ0n) is 13.3. The van der Waals surface area contributed by atoms with Crippen molar-refractivity contribution in [1.29, 1.82) is 0 Å². The average molecular weight is 383 g/mol. The number of rotatable bonds is 5. The molecule has 0 bridgehead atoms. The highest BCUT2D eigenvalue weighted by atomic mass is 79.9. The van der Waals surface area contributed by atoms with Gasteiger partial charge in [0.2, 0.25) is 5.91 Å². The van der Waals surface area contributed by atoms with Gasteiger partial charge in [0.25, 0.3) is 0 Å². The number of fused-ring (bicyclic) bond motifs is 1. The summed E-state index contributed by atoms with van der Waals surface area (Å²) in [6.45, 7) is 0.706. The summed E-state index contributed by atoms with van der Waals surface area (Å²) in [5.74, 6) is 0.0769. The van der Waals surface area contributed by atoms with Crippen LogP contribution in [-0.4, -0.2) is 17.4 Å². The Morgan fingerprint density at radius 2 is 1.88 bits per heavy atom. The minimum absolute atomic E-state index is 0.0769. The molecule has 0 spiro atoms. The van der Waals surface area contributed by atoms with Gasteiger partial charge in [-0.1, -0.05) is 52.3 Å². The number of para-hydroxylation sites is 1. The Morgan fingerprint density at radius 3 is 2.67 bits per heavy atom. The first kappa shape index (κ1) is 15.5. The van der Waals surface area contributed by atoms with Crippen LogP contribution in [0.5, 0.6) is 0 Å². The molecule has 4 rings (SSSR count). The second-order valence-electron chi connectivity index (χ2n) is 6.57. The van der Waals surface area contributed by atoms with E-state index >= 15 is 0 Å². The summed E-state index contributed by atoms with van der Waals surface area (Å²) < 4.78 is 0.984. The lowest BCUT2D eigenvalue weighted by Gasteiger charge is -2.16. The summed E-state index contributed by atoms with van der Waals surface area (Å²) in [7, 11) is 0. The second-order valence-corrected chi connectivity index (χ2v) is 7.43. The number of H-pyrrole nitrogens is 1. The smallest absolute Gasteiger partial charge is 0.224 e. The lowest BCUT2D eigenvalue weighted by molar-refractivity contribution is -0.120. The number of nitrogens with one attached hydrogen (secondary N) is 2. The number of hydrogen-bond acceptors (Lipinski definition) is 1. The van der Waals surface area contributed by atoms with Crippen molar-refractivity contribution in [2.75, 3.05) is 6.54 Å². The summed E-state index contributed by atoms with van der Waals surface area (Å²) in [5.41, 5.74) is 3.62. The van der Waals surface area contributed by atoms with Crippen molar-refractivity contribution in [2.45, 2.75) is 24.7 Å². The molecule has 4 heteroatoms. The van der Waals surface area contributed by atoms with E-state index in [4.69, 9.17) is 0 Å². The van der Waals surface area contributed by atoms with Crippen molar-refractivity contribution in [3.05, 3.63) is 70.3 Å². The van der Waals surface area contributed by atoms with Crippen LogP contribution in [0.25, 0.3) is 10.9 Å². The van der Waals surface area contributed by atoms with Crippen molar-refractivity contribution < 1.29 is 4.79 Å². The van der Waals surface area contributed by atoms with E-state index in [2.05, 4.69) is 50.6 Å². The van der Waals surface area contributed by atoms with Crippen LogP contribution in [0.3, 0.4) is 0 Å². The lowest BCUT2D eigenvalue weighted by atomic mass is 9.95. The fourth-order valence-electron chi connectivity index (χ4n) is 3.35. The Kier molecular flexibility index (Phi) is 3.93. The molecule has 1 fully saturated rings. The van der Waals surface area contributed by atoms with Gasteiger partial charge in [0.1, 0.15) is 0 Å². The molecule has 2 aromatic carbocycles. The van der Waals surface area contributed by atoms with Crippen LogP contribution < -0.4 is 5.32 Å². The zero-order valence-corrected chi connectivity index (χ0v) is 14.9. The molecule has 2 N–H and O–H groups in total. The largest absolute Gasteiger partial charge is 0.361 e. The zero-order chi connectivity index (χ0) is 16.6. The van der Waals surface area contributed by atoms with Crippen LogP contribution in [0.1, 0.15) is 24.0 Å². The summed E-state index contributed by atoms with van der Waals surface area (Å²) in [6, 6.07) is 16.2. The normalized spacial score (nSPS) is 15.4. The number of hydrogen-bond donors (Lipinski definition) is 2. The van der Waals surface area contributed by atoms with Crippen molar-refractivity contribution in [2.24, 2.45) is 0 Å². The summed E-state index contributed by atoms with van der Waals surface area (Å²) >= 11 is 3.50. The van der Waals surface area contributed by atoms with Crippen molar-refractivity contribution in [3.63, 3.8) is 0 Å². The number of carbonyl (C=O) groups is 1. The van der Waals surface area contributed by atoms with Gasteiger partial charge in [0.05, 0.1) is 6.42 Å². The van der Waals surface area contributed by atoms with E-state index in [-0.39, 0.29) is 11.3 Å². The molecule has 0 atom stereocenters. The second kappa shape index (κ2) is 6.10. The monoisotopic (exact) mass is 382 g/mol. The van der Waals surface area contributed by atoms with Crippen LogP contribution in [-0.2, 0) is 16.6 Å². The summed E-state index contributed by atoms with van der Waals surface area (Å²) in [6.07, 6.45) is 4.78. The highest BCUT2D eigenvalue weighted by molar-refractivity contribution is 9.10. The number of benzene rings is 2. The van der Waals surface area contributed by atoms with Crippen molar-refractivity contribution in [3.8, 4) is 0 Å². The Bertz CT molecular complexity index is 895. The molecule has 1 amide bonds.